The molecular weight excluding hydrogens is 371 g/mol. The third kappa shape index (κ3) is 3.21. The SMILES string of the molecule is COC(=O)c1cc(-c2ccc(Cl)cc2)nn(-c2csc(Cl)c2)c1=O. The molecule has 2 aromatic heterocycles. The highest BCUT2D eigenvalue weighted by molar-refractivity contribution is 7.14. The van der Waals surface area contributed by atoms with Crippen LogP contribution in [-0.2, 0) is 4.74 Å². The van der Waals surface area contributed by atoms with Gasteiger partial charge in [-0.2, -0.15) is 9.78 Å². The first-order valence-corrected chi connectivity index (χ1v) is 8.36. The van der Waals surface area contributed by atoms with Gasteiger partial charge in [0.2, 0.25) is 0 Å². The fraction of sp³-hybridized carbons (Fsp3) is 0.0625. The lowest BCUT2D eigenvalue weighted by Gasteiger charge is -2.09. The van der Waals surface area contributed by atoms with E-state index in [0.29, 0.717) is 26.3 Å². The molecule has 0 aliphatic heterocycles. The van der Waals surface area contributed by atoms with Crippen LogP contribution in [0.5, 0.6) is 0 Å². The molecule has 122 valence electrons. The summed E-state index contributed by atoms with van der Waals surface area (Å²) in [5.74, 6) is -0.729. The van der Waals surface area contributed by atoms with Crippen molar-refractivity contribution in [1.82, 2.24) is 9.78 Å². The number of halogens is 2. The van der Waals surface area contributed by atoms with Crippen molar-refractivity contribution in [3.8, 4) is 16.9 Å². The van der Waals surface area contributed by atoms with Crippen molar-refractivity contribution < 1.29 is 9.53 Å². The lowest BCUT2D eigenvalue weighted by molar-refractivity contribution is 0.0598. The van der Waals surface area contributed by atoms with Crippen molar-refractivity contribution in [3.63, 3.8) is 0 Å². The van der Waals surface area contributed by atoms with Crippen LogP contribution in [0, 0.1) is 0 Å². The molecule has 5 nitrogen and oxygen atoms in total. The Labute approximate surface area is 151 Å². The summed E-state index contributed by atoms with van der Waals surface area (Å²) in [6.07, 6.45) is 0. The minimum absolute atomic E-state index is 0.111. The van der Waals surface area contributed by atoms with E-state index in [1.54, 1.807) is 35.7 Å². The number of carbonyl (C=O) groups excluding carboxylic acids is 1. The van der Waals surface area contributed by atoms with E-state index >= 15 is 0 Å². The van der Waals surface area contributed by atoms with E-state index in [4.69, 9.17) is 27.9 Å². The summed E-state index contributed by atoms with van der Waals surface area (Å²) in [5.41, 5.74) is 0.943. The Balaban J connectivity index is 2.25. The zero-order valence-electron chi connectivity index (χ0n) is 12.3. The molecule has 0 bridgehead atoms. The number of nitrogens with zero attached hydrogens (tertiary/aromatic N) is 2. The highest BCUT2D eigenvalue weighted by Crippen LogP contribution is 2.24. The normalized spacial score (nSPS) is 10.6. The van der Waals surface area contributed by atoms with E-state index in [0.717, 1.165) is 4.68 Å². The van der Waals surface area contributed by atoms with Gasteiger partial charge in [-0.25, -0.2) is 4.79 Å². The van der Waals surface area contributed by atoms with Gasteiger partial charge in [-0.3, -0.25) is 4.79 Å². The van der Waals surface area contributed by atoms with Crippen LogP contribution in [0.3, 0.4) is 0 Å². The zero-order chi connectivity index (χ0) is 17.3. The largest absolute Gasteiger partial charge is 0.465 e. The Morgan fingerprint density at radius 1 is 1.21 bits per heavy atom. The number of thiophene rings is 1. The van der Waals surface area contributed by atoms with Crippen molar-refractivity contribution in [2.24, 2.45) is 0 Å². The molecule has 2 heterocycles. The minimum Gasteiger partial charge on any atom is -0.465 e. The van der Waals surface area contributed by atoms with Crippen molar-refractivity contribution in [1.29, 1.82) is 0 Å². The van der Waals surface area contributed by atoms with Crippen LogP contribution in [0.1, 0.15) is 10.4 Å². The molecule has 0 radical (unpaired) electrons. The number of aromatic nitrogens is 2. The molecule has 3 aromatic rings. The standard InChI is InChI=1S/C16H10Cl2N2O3S/c1-23-16(22)12-7-13(9-2-4-10(17)5-3-9)19-20(15(12)21)11-6-14(18)24-8-11/h2-8H,1H3. The van der Waals surface area contributed by atoms with Crippen molar-refractivity contribution in [3.05, 3.63) is 67.1 Å². The maximum atomic E-state index is 12.6. The number of methoxy groups -OCH3 is 1. The molecule has 3 rings (SSSR count). The molecule has 24 heavy (non-hydrogen) atoms. The predicted molar refractivity (Wildman–Crippen MR) is 94.5 cm³/mol. The topological polar surface area (TPSA) is 61.2 Å². The predicted octanol–water partition coefficient (Wildman–Crippen LogP) is 4.05. The lowest BCUT2D eigenvalue weighted by atomic mass is 10.1. The first-order chi connectivity index (χ1) is 11.5. The number of hydrogen-bond donors (Lipinski definition) is 0. The molecule has 0 amide bonds. The summed E-state index contributed by atoms with van der Waals surface area (Å²) in [4.78, 5) is 24.5. The number of hydrogen-bond acceptors (Lipinski definition) is 5. The molecule has 0 N–H and O–H groups in total. The fourth-order valence-corrected chi connectivity index (χ4v) is 3.06. The van der Waals surface area contributed by atoms with Gasteiger partial charge in [0.15, 0.2) is 0 Å². The van der Waals surface area contributed by atoms with Gasteiger partial charge in [-0.05, 0) is 24.3 Å². The molecule has 0 atom stereocenters. The number of ether oxygens (including phenoxy) is 1. The summed E-state index contributed by atoms with van der Waals surface area (Å²) in [7, 11) is 1.22. The summed E-state index contributed by atoms with van der Waals surface area (Å²) in [6, 6.07) is 9.91. The fourth-order valence-electron chi connectivity index (χ4n) is 2.10. The molecule has 0 saturated heterocycles. The Morgan fingerprint density at radius 3 is 2.50 bits per heavy atom. The lowest BCUT2D eigenvalue weighted by Crippen LogP contribution is -2.28. The molecule has 8 heteroatoms. The number of benzene rings is 1. The summed E-state index contributed by atoms with van der Waals surface area (Å²) in [5, 5.41) is 6.59. The van der Waals surface area contributed by atoms with Gasteiger partial charge in [0, 0.05) is 16.0 Å². The molecule has 0 unspecified atom stereocenters. The second kappa shape index (κ2) is 6.76. The van der Waals surface area contributed by atoms with Gasteiger partial charge < -0.3 is 4.74 Å². The Hall–Kier alpha value is -2.15. The first kappa shape index (κ1) is 16.7. The van der Waals surface area contributed by atoms with Gasteiger partial charge in [0.05, 0.1) is 22.8 Å². The van der Waals surface area contributed by atoms with Gasteiger partial charge in [0.25, 0.3) is 5.56 Å². The quantitative estimate of drug-likeness (QED) is 0.642. The van der Waals surface area contributed by atoms with Crippen LogP contribution >= 0.6 is 34.5 Å². The Bertz CT molecular complexity index is 964. The van der Waals surface area contributed by atoms with Crippen LogP contribution < -0.4 is 5.56 Å². The highest BCUT2D eigenvalue weighted by Gasteiger charge is 2.18. The highest BCUT2D eigenvalue weighted by atomic mass is 35.5. The average molecular weight is 381 g/mol. The second-order valence-electron chi connectivity index (χ2n) is 4.77. The summed E-state index contributed by atoms with van der Waals surface area (Å²) < 4.78 is 6.35. The third-order valence-corrected chi connectivity index (χ3v) is 4.59. The number of rotatable bonds is 3. The molecule has 0 spiro atoms. The van der Waals surface area contributed by atoms with Crippen LogP contribution in [0.15, 0.2) is 46.6 Å². The molecule has 0 aliphatic rings. The van der Waals surface area contributed by atoms with Crippen LogP contribution in [-0.4, -0.2) is 22.9 Å². The molecule has 0 aliphatic carbocycles. The number of esters is 1. The molecular formula is C16H10Cl2N2O3S. The first-order valence-electron chi connectivity index (χ1n) is 6.72. The van der Waals surface area contributed by atoms with E-state index in [-0.39, 0.29) is 5.56 Å². The zero-order valence-corrected chi connectivity index (χ0v) is 14.7. The van der Waals surface area contributed by atoms with Crippen molar-refractivity contribution >= 4 is 40.5 Å². The van der Waals surface area contributed by atoms with Gasteiger partial charge >= 0.3 is 5.97 Å². The minimum atomic E-state index is -0.729. The molecule has 0 saturated carbocycles. The van der Waals surface area contributed by atoms with Gasteiger partial charge in [-0.1, -0.05) is 35.3 Å². The monoisotopic (exact) mass is 380 g/mol. The number of carbonyl (C=O) groups is 1. The molecule has 0 fully saturated rings. The van der Waals surface area contributed by atoms with E-state index in [2.05, 4.69) is 5.10 Å². The van der Waals surface area contributed by atoms with Crippen molar-refractivity contribution in [2.45, 2.75) is 0 Å². The van der Waals surface area contributed by atoms with Crippen LogP contribution in [0.4, 0.5) is 0 Å². The van der Waals surface area contributed by atoms with Gasteiger partial charge in [0.1, 0.15) is 5.56 Å². The Kier molecular flexibility index (Phi) is 4.71. The summed E-state index contributed by atoms with van der Waals surface area (Å²) >= 11 is 13.1. The maximum absolute atomic E-state index is 12.6. The van der Waals surface area contributed by atoms with Crippen molar-refractivity contribution in [2.75, 3.05) is 7.11 Å². The maximum Gasteiger partial charge on any atom is 0.343 e. The molecule has 1 aromatic carbocycles. The van der Waals surface area contributed by atoms with E-state index in [1.807, 2.05) is 0 Å². The van der Waals surface area contributed by atoms with Gasteiger partial charge in [-0.15, -0.1) is 11.3 Å². The van der Waals surface area contributed by atoms with E-state index in [9.17, 15) is 9.59 Å². The van der Waals surface area contributed by atoms with E-state index in [1.165, 1.54) is 24.5 Å². The average Bonchev–Trinajstić information content (AvgIpc) is 3.01. The van der Waals surface area contributed by atoms with Crippen LogP contribution in [0.25, 0.3) is 16.9 Å². The summed E-state index contributed by atoms with van der Waals surface area (Å²) in [6.45, 7) is 0. The third-order valence-electron chi connectivity index (χ3n) is 3.26. The van der Waals surface area contributed by atoms with E-state index < -0.39 is 11.5 Å². The Morgan fingerprint density at radius 2 is 1.92 bits per heavy atom. The van der Waals surface area contributed by atoms with Crippen LogP contribution in [0.2, 0.25) is 9.36 Å². The second-order valence-corrected chi connectivity index (χ2v) is 6.75. The smallest absolute Gasteiger partial charge is 0.343 e.